The van der Waals surface area contributed by atoms with Crippen LogP contribution < -0.4 is 15.2 Å². The van der Waals surface area contributed by atoms with Crippen LogP contribution in [0, 0.1) is 0 Å². The number of amides is 1. The molecule has 0 fully saturated rings. The highest BCUT2D eigenvalue weighted by atomic mass is 32.2. The molecule has 2 N–H and O–H groups in total. The van der Waals surface area contributed by atoms with Gasteiger partial charge in [0, 0.05) is 4.90 Å². The first-order chi connectivity index (χ1) is 9.15. The van der Waals surface area contributed by atoms with Crippen molar-refractivity contribution < 1.29 is 23.8 Å². The minimum absolute atomic E-state index is 0.104. The van der Waals surface area contributed by atoms with Crippen molar-refractivity contribution in [3.8, 4) is 11.5 Å². The number of hydrogen-bond donors (Lipinski definition) is 1. The van der Waals surface area contributed by atoms with Crippen LogP contribution in [-0.2, 0) is 14.3 Å². The molecule has 2 rings (SSSR count). The summed E-state index contributed by atoms with van der Waals surface area (Å²) in [6, 6.07) is 5.44. The summed E-state index contributed by atoms with van der Waals surface area (Å²) in [5.74, 6) is 0.317. The van der Waals surface area contributed by atoms with E-state index in [1.807, 2.05) is 6.07 Å². The number of nitrogens with two attached hydrogens (primary N) is 1. The SMILES string of the molecule is NC(=O)COC(=O)CSc1ccc2c(c1)OCCO2. The second-order valence-electron chi connectivity index (χ2n) is 3.72. The van der Waals surface area contributed by atoms with Gasteiger partial charge in [0.05, 0.1) is 5.75 Å². The lowest BCUT2D eigenvalue weighted by Gasteiger charge is -2.18. The molecule has 1 amide bonds. The molecule has 0 aliphatic carbocycles. The highest BCUT2D eigenvalue weighted by molar-refractivity contribution is 8.00. The number of carbonyl (C=O) groups is 2. The summed E-state index contributed by atoms with van der Waals surface area (Å²) in [7, 11) is 0. The standard InChI is InChI=1S/C12H13NO5S/c13-11(14)6-18-12(15)7-19-8-1-2-9-10(5-8)17-4-3-16-9/h1-2,5H,3-4,6-7H2,(H2,13,14). The fraction of sp³-hybridized carbons (Fsp3) is 0.333. The number of carbonyl (C=O) groups excluding carboxylic acids is 2. The van der Waals surface area contributed by atoms with Gasteiger partial charge in [0.2, 0.25) is 0 Å². The third-order valence-electron chi connectivity index (χ3n) is 2.25. The van der Waals surface area contributed by atoms with E-state index in [0.717, 1.165) is 4.90 Å². The molecule has 7 heteroatoms. The van der Waals surface area contributed by atoms with Crippen molar-refractivity contribution in [1.29, 1.82) is 0 Å². The van der Waals surface area contributed by atoms with E-state index in [2.05, 4.69) is 4.74 Å². The minimum Gasteiger partial charge on any atom is -0.486 e. The minimum atomic E-state index is -0.669. The van der Waals surface area contributed by atoms with E-state index in [0.29, 0.717) is 24.7 Å². The van der Waals surface area contributed by atoms with E-state index < -0.39 is 11.9 Å². The van der Waals surface area contributed by atoms with Gasteiger partial charge in [-0.15, -0.1) is 11.8 Å². The van der Waals surface area contributed by atoms with Crippen LogP contribution in [0.1, 0.15) is 0 Å². The van der Waals surface area contributed by atoms with Crippen molar-refractivity contribution in [2.24, 2.45) is 5.73 Å². The molecule has 6 nitrogen and oxygen atoms in total. The van der Waals surface area contributed by atoms with Crippen molar-refractivity contribution in [2.45, 2.75) is 4.90 Å². The molecule has 1 aliphatic heterocycles. The van der Waals surface area contributed by atoms with Crippen LogP contribution in [0.4, 0.5) is 0 Å². The summed E-state index contributed by atoms with van der Waals surface area (Å²) in [6.45, 7) is 0.668. The molecule has 0 atom stereocenters. The third-order valence-corrected chi connectivity index (χ3v) is 3.21. The zero-order valence-electron chi connectivity index (χ0n) is 10.1. The highest BCUT2D eigenvalue weighted by Gasteiger charge is 2.13. The van der Waals surface area contributed by atoms with Gasteiger partial charge in [-0.05, 0) is 18.2 Å². The molecule has 0 aromatic heterocycles. The van der Waals surface area contributed by atoms with Gasteiger partial charge in [-0.25, -0.2) is 0 Å². The molecular weight excluding hydrogens is 270 g/mol. The maximum absolute atomic E-state index is 11.3. The quantitative estimate of drug-likeness (QED) is 0.628. The Hall–Kier alpha value is -1.89. The Morgan fingerprint density at radius 2 is 2.00 bits per heavy atom. The van der Waals surface area contributed by atoms with Crippen LogP contribution >= 0.6 is 11.8 Å². The van der Waals surface area contributed by atoms with Crippen LogP contribution in [0.5, 0.6) is 11.5 Å². The first-order valence-electron chi connectivity index (χ1n) is 5.61. The Morgan fingerprint density at radius 1 is 1.26 bits per heavy atom. The summed E-state index contributed by atoms with van der Waals surface area (Å²) in [6.07, 6.45) is 0. The fourth-order valence-corrected chi connectivity index (χ4v) is 2.17. The second-order valence-corrected chi connectivity index (χ2v) is 4.77. The van der Waals surface area contributed by atoms with Gasteiger partial charge in [-0.3, -0.25) is 9.59 Å². The molecule has 19 heavy (non-hydrogen) atoms. The Bertz CT molecular complexity index is 491. The molecule has 0 spiro atoms. The summed E-state index contributed by atoms with van der Waals surface area (Å²) in [5, 5.41) is 0. The molecule has 1 aromatic carbocycles. The molecule has 1 aliphatic rings. The van der Waals surface area contributed by atoms with Crippen molar-refractivity contribution >= 4 is 23.6 Å². The average Bonchev–Trinajstić information content (AvgIpc) is 2.42. The normalized spacial score (nSPS) is 12.8. The maximum Gasteiger partial charge on any atom is 0.316 e. The number of esters is 1. The Morgan fingerprint density at radius 3 is 2.74 bits per heavy atom. The Balaban J connectivity index is 1.86. The first-order valence-corrected chi connectivity index (χ1v) is 6.60. The van der Waals surface area contributed by atoms with E-state index in [9.17, 15) is 9.59 Å². The lowest BCUT2D eigenvalue weighted by Crippen LogP contribution is -2.21. The number of hydrogen-bond acceptors (Lipinski definition) is 6. The molecule has 0 bridgehead atoms. The monoisotopic (exact) mass is 283 g/mol. The molecule has 102 valence electrons. The lowest BCUT2D eigenvalue weighted by atomic mass is 10.3. The Kier molecular flexibility index (Phi) is 4.51. The molecular formula is C12H13NO5S. The molecule has 0 unspecified atom stereocenters. The number of ether oxygens (including phenoxy) is 3. The van der Waals surface area contributed by atoms with Crippen molar-refractivity contribution in [2.75, 3.05) is 25.6 Å². The third kappa shape index (κ3) is 4.06. The summed E-state index contributed by atoms with van der Waals surface area (Å²) in [5.41, 5.74) is 4.87. The Labute approximate surface area is 114 Å². The molecule has 1 aromatic rings. The van der Waals surface area contributed by atoms with E-state index in [4.69, 9.17) is 15.2 Å². The number of benzene rings is 1. The number of primary amides is 1. The van der Waals surface area contributed by atoms with Gasteiger partial charge < -0.3 is 19.9 Å². The van der Waals surface area contributed by atoms with E-state index in [1.54, 1.807) is 12.1 Å². The summed E-state index contributed by atoms with van der Waals surface area (Å²) >= 11 is 1.29. The van der Waals surface area contributed by atoms with Crippen molar-refractivity contribution in [3.63, 3.8) is 0 Å². The predicted octanol–water partition coefficient (Wildman–Crippen LogP) is 0.578. The van der Waals surface area contributed by atoms with Gasteiger partial charge in [0.25, 0.3) is 5.91 Å². The highest BCUT2D eigenvalue weighted by Crippen LogP contribution is 2.34. The van der Waals surface area contributed by atoms with E-state index >= 15 is 0 Å². The van der Waals surface area contributed by atoms with Crippen LogP contribution in [0.25, 0.3) is 0 Å². The number of rotatable bonds is 5. The van der Waals surface area contributed by atoms with Crippen molar-refractivity contribution in [1.82, 2.24) is 0 Å². The molecule has 1 heterocycles. The zero-order chi connectivity index (χ0) is 13.7. The summed E-state index contributed by atoms with van der Waals surface area (Å²) in [4.78, 5) is 22.6. The van der Waals surface area contributed by atoms with Crippen molar-refractivity contribution in [3.05, 3.63) is 18.2 Å². The molecule has 0 radical (unpaired) electrons. The van der Waals surface area contributed by atoms with E-state index in [1.165, 1.54) is 11.8 Å². The van der Waals surface area contributed by atoms with Gasteiger partial charge >= 0.3 is 5.97 Å². The average molecular weight is 283 g/mol. The van der Waals surface area contributed by atoms with E-state index in [-0.39, 0.29) is 12.4 Å². The van der Waals surface area contributed by atoms with Gasteiger partial charge in [-0.1, -0.05) is 0 Å². The van der Waals surface area contributed by atoms with Crippen LogP contribution in [0.2, 0.25) is 0 Å². The zero-order valence-corrected chi connectivity index (χ0v) is 10.9. The van der Waals surface area contributed by atoms with Gasteiger partial charge in [-0.2, -0.15) is 0 Å². The fourth-order valence-electron chi connectivity index (χ4n) is 1.45. The van der Waals surface area contributed by atoms with Crippen LogP contribution in [0.3, 0.4) is 0 Å². The summed E-state index contributed by atoms with van der Waals surface area (Å²) < 4.78 is 15.5. The molecule has 0 saturated carbocycles. The van der Waals surface area contributed by atoms with Gasteiger partial charge in [0.1, 0.15) is 13.2 Å². The first kappa shape index (κ1) is 13.5. The molecule has 0 saturated heterocycles. The predicted molar refractivity (Wildman–Crippen MR) is 68.3 cm³/mol. The van der Waals surface area contributed by atoms with Crippen LogP contribution in [-0.4, -0.2) is 37.4 Å². The lowest BCUT2D eigenvalue weighted by molar-refractivity contribution is -0.145. The van der Waals surface area contributed by atoms with Gasteiger partial charge in [0.15, 0.2) is 18.1 Å². The number of thioether (sulfide) groups is 1. The largest absolute Gasteiger partial charge is 0.486 e. The maximum atomic E-state index is 11.3. The number of fused-ring (bicyclic) bond motifs is 1. The second kappa shape index (κ2) is 6.33. The van der Waals surface area contributed by atoms with Crippen LogP contribution in [0.15, 0.2) is 23.1 Å². The topological polar surface area (TPSA) is 87.9 Å². The smallest absolute Gasteiger partial charge is 0.316 e.